The summed E-state index contributed by atoms with van der Waals surface area (Å²) in [6.07, 6.45) is 3.12. The molecule has 1 amide bonds. The van der Waals surface area contributed by atoms with E-state index in [0.29, 0.717) is 18.8 Å². The van der Waals surface area contributed by atoms with E-state index in [2.05, 4.69) is 10.4 Å². The summed E-state index contributed by atoms with van der Waals surface area (Å²) in [5.41, 5.74) is -0.191. The van der Waals surface area contributed by atoms with E-state index in [9.17, 15) is 14.7 Å². The number of hydrogen-bond acceptors (Lipinski definition) is 4. The second-order valence-electron chi connectivity index (χ2n) is 5.61. The van der Waals surface area contributed by atoms with E-state index >= 15 is 0 Å². The lowest BCUT2D eigenvalue weighted by Crippen LogP contribution is -2.39. The Morgan fingerprint density at radius 3 is 2.65 bits per heavy atom. The second kappa shape index (κ2) is 6.51. The van der Waals surface area contributed by atoms with Crippen LogP contribution < -0.4 is 5.32 Å². The van der Waals surface area contributed by atoms with Gasteiger partial charge in [0.25, 0.3) is 0 Å². The SMILES string of the molecule is COCCn1cc(NC(=O)C(C(=O)O)C(C)(C)C)cn1. The average molecular weight is 283 g/mol. The van der Waals surface area contributed by atoms with Gasteiger partial charge < -0.3 is 15.2 Å². The van der Waals surface area contributed by atoms with Crippen molar-refractivity contribution in [1.82, 2.24) is 9.78 Å². The molecule has 1 atom stereocenters. The molecule has 20 heavy (non-hydrogen) atoms. The van der Waals surface area contributed by atoms with Crippen LogP contribution in [-0.4, -0.2) is 40.5 Å². The van der Waals surface area contributed by atoms with E-state index < -0.39 is 23.2 Å². The predicted octanol–water partition coefficient (Wildman–Crippen LogP) is 1.21. The Hall–Kier alpha value is -1.89. The summed E-state index contributed by atoms with van der Waals surface area (Å²) in [6, 6.07) is 0. The molecule has 1 aromatic heterocycles. The van der Waals surface area contributed by atoms with Gasteiger partial charge in [-0.15, -0.1) is 0 Å². The summed E-state index contributed by atoms with van der Waals surface area (Å²) >= 11 is 0. The number of rotatable bonds is 6. The van der Waals surface area contributed by atoms with Gasteiger partial charge in [0.05, 0.1) is 25.0 Å². The number of aliphatic carboxylic acids is 1. The first-order valence-electron chi connectivity index (χ1n) is 6.30. The van der Waals surface area contributed by atoms with E-state index in [4.69, 9.17) is 4.74 Å². The van der Waals surface area contributed by atoms with Crippen molar-refractivity contribution in [2.24, 2.45) is 11.3 Å². The maximum Gasteiger partial charge on any atom is 0.316 e. The normalized spacial score (nSPS) is 13.0. The molecule has 1 aromatic rings. The summed E-state index contributed by atoms with van der Waals surface area (Å²) in [6.45, 7) is 6.22. The van der Waals surface area contributed by atoms with Gasteiger partial charge in [-0.1, -0.05) is 20.8 Å². The monoisotopic (exact) mass is 283 g/mol. The fourth-order valence-corrected chi connectivity index (χ4v) is 1.83. The number of methoxy groups -OCH3 is 1. The van der Waals surface area contributed by atoms with Gasteiger partial charge >= 0.3 is 5.97 Å². The molecule has 0 saturated heterocycles. The Labute approximate surface area is 117 Å². The molecule has 0 fully saturated rings. The van der Waals surface area contributed by atoms with Crippen molar-refractivity contribution in [2.75, 3.05) is 19.0 Å². The first kappa shape index (κ1) is 16.2. The van der Waals surface area contributed by atoms with Crippen LogP contribution in [0, 0.1) is 11.3 Å². The highest BCUT2D eigenvalue weighted by Crippen LogP contribution is 2.27. The quantitative estimate of drug-likeness (QED) is 0.765. The fraction of sp³-hybridized carbons (Fsp3) is 0.615. The third-order valence-electron chi connectivity index (χ3n) is 2.80. The first-order valence-corrected chi connectivity index (χ1v) is 6.30. The summed E-state index contributed by atoms with van der Waals surface area (Å²) in [5, 5.41) is 15.8. The molecular formula is C13H21N3O4. The first-order chi connectivity index (χ1) is 9.25. The Kier molecular flexibility index (Phi) is 5.26. The van der Waals surface area contributed by atoms with Crippen molar-refractivity contribution >= 4 is 17.6 Å². The molecule has 112 valence electrons. The van der Waals surface area contributed by atoms with Gasteiger partial charge in [0, 0.05) is 13.3 Å². The van der Waals surface area contributed by atoms with Crippen LogP contribution in [0.1, 0.15) is 20.8 Å². The Bertz CT molecular complexity index is 476. The average Bonchev–Trinajstić information content (AvgIpc) is 2.71. The number of ether oxygens (including phenoxy) is 1. The van der Waals surface area contributed by atoms with Crippen LogP contribution in [0.2, 0.25) is 0 Å². The lowest BCUT2D eigenvalue weighted by atomic mass is 9.80. The minimum absolute atomic E-state index is 0.474. The molecule has 0 aliphatic heterocycles. The lowest BCUT2D eigenvalue weighted by molar-refractivity contribution is -0.149. The molecule has 0 spiro atoms. The molecular weight excluding hydrogens is 262 g/mol. The molecule has 0 aromatic carbocycles. The van der Waals surface area contributed by atoms with Crippen LogP contribution in [0.3, 0.4) is 0 Å². The Morgan fingerprint density at radius 1 is 1.50 bits per heavy atom. The molecule has 1 unspecified atom stereocenters. The van der Waals surface area contributed by atoms with Crippen LogP contribution >= 0.6 is 0 Å². The lowest BCUT2D eigenvalue weighted by Gasteiger charge is -2.25. The predicted molar refractivity (Wildman–Crippen MR) is 73.3 cm³/mol. The molecule has 1 heterocycles. The van der Waals surface area contributed by atoms with Crippen molar-refractivity contribution in [2.45, 2.75) is 27.3 Å². The van der Waals surface area contributed by atoms with Crippen molar-refractivity contribution in [3.8, 4) is 0 Å². The van der Waals surface area contributed by atoms with Crippen LogP contribution in [0.4, 0.5) is 5.69 Å². The minimum atomic E-state index is -1.14. The van der Waals surface area contributed by atoms with E-state index in [1.54, 1.807) is 38.8 Å². The van der Waals surface area contributed by atoms with Crippen LogP contribution in [0.15, 0.2) is 12.4 Å². The molecule has 0 radical (unpaired) electrons. The molecule has 2 N–H and O–H groups in total. The van der Waals surface area contributed by atoms with Crippen LogP contribution in [0.25, 0.3) is 0 Å². The Balaban J connectivity index is 2.74. The molecule has 7 nitrogen and oxygen atoms in total. The largest absolute Gasteiger partial charge is 0.481 e. The topological polar surface area (TPSA) is 93.5 Å². The number of anilines is 1. The van der Waals surface area contributed by atoms with Gasteiger partial charge in [-0.2, -0.15) is 5.10 Å². The summed E-state index contributed by atoms with van der Waals surface area (Å²) in [5.74, 6) is -2.80. The highest BCUT2D eigenvalue weighted by molar-refractivity contribution is 6.04. The highest BCUT2D eigenvalue weighted by Gasteiger charge is 2.37. The Morgan fingerprint density at radius 2 is 2.15 bits per heavy atom. The van der Waals surface area contributed by atoms with Crippen molar-refractivity contribution in [3.63, 3.8) is 0 Å². The molecule has 0 aliphatic rings. The number of aromatic nitrogens is 2. The third-order valence-corrected chi connectivity index (χ3v) is 2.80. The van der Waals surface area contributed by atoms with E-state index in [0.717, 1.165) is 0 Å². The van der Waals surface area contributed by atoms with Gasteiger partial charge in [-0.3, -0.25) is 14.3 Å². The molecule has 1 rings (SSSR count). The number of amides is 1. The summed E-state index contributed by atoms with van der Waals surface area (Å²) in [4.78, 5) is 23.3. The highest BCUT2D eigenvalue weighted by atomic mass is 16.5. The molecule has 7 heteroatoms. The summed E-state index contributed by atoms with van der Waals surface area (Å²) in [7, 11) is 1.59. The number of nitrogens with one attached hydrogen (secondary N) is 1. The zero-order chi connectivity index (χ0) is 15.3. The van der Waals surface area contributed by atoms with E-state index in [1.807, 2.05) is 0 Å². The van der Waals surface area contributed by atoms with Gasteiger partial charge in [-0.05, 0) is 5.41 Å². The number of hydrogen-bond donors (Lipinski definition) is 2. The number of carboxylic acids is 1. The van der Waals surface area contributed by atoms with Crippen molar-refractivity contribution in [1.29, 1.82) is 0 Å². The van der Waals surface area contributed by atoms with Gasteiger partial charge in [0.2, 0.25) is 5.91 Å². The number of nitrogens with zero attached hydrogens (tertiary/aromatic N) is 2. The zero-order valence-corrected chi connectivity index (χ0v) is 12.2. The third kappa shape index (κ3) is 4.34. The smallest absolute Gasteiger partial charge is 0.316 e. The van der Waals surface area contributed by atoms with Crippen LogP contribution in [-0.2, 0) is 20.9 Å². The van der Waals surface area contributed by atoms with Gasteiger partial charge in [-0.25, -0.2) is 0 Å². The number of carboxylic acid groups (broad SMARTS) is 1. The van der Waals surface area contributed by atoms with Gasteiger partial charge in [0.15, 0.2) is 0 Å². The molecule has 0 bridgehead atoms. The maximum absolute atomic E-state index is 12.1. The minimum Gasteiger partial charge on any atom is -0.481 e. The molecule has 0 aliphatic carbocycles. The fourth-order valence-electron chi connectivity index (χ4n) is 1.83. The summed E-state index contributed by atoms with van der Waals surface area (Å²) < 4.78 is 6.54. The van der Waals surface area contributed by atoms with Crippen LogP contribution in [0.5, 0.6) is 0 Å². The van der Waals surface area contributed by atoms with Gasteiger partial charge in [0.1, 0.15) is 5.92 Å². The van der Waals surface area contributed by atoms with Crippen molar-refractivity contribution in [3.05, 3.63) is 12.4 Å². The number of carbonyl (C=O) groups excluding carboxylic acids is 1. The van der Waals surface area contributed by atoms with Crippen molar-refractivity contribution < 1.29 is 19.4 Å². The van der Waals surface area contributed by atoms with E-state index in [-0.39, 0.29) is 0 Å². The second-order valence-corrected chi connectivity index (χ2v) is 5.61. The standard InChI is InChI=1S/C13H21N3O4/c1-13(2,3)10(12(18)19)11(17)15-9-7-14-16(8-9)5-6-20-4/h7-8,10H,5-6H2,1-4H3,(H,15,17)(H,18,19). The zero-order valence-electron chi connectivity index (χ0n) is 12.2. The number of carbonyl (C=O) groups is 2. The maximum atomic E-state index is 12.1. The van der Waals surface area contributed by atoms with E-state index in [1.165, 1.54) is 6.20 Å². The molecule has 0 saturated carbocycles.